The Balaban J connectivity index is 1.90. The van der Waals surface area contributed by atoms with Crippen molar-refractivity contribution in [3.8, 4) is 0 Å². The molecule has 4 nitrogen and oxygen atoms in total. The summed E-state index contributed by atoms with van der Waals surface area (Å²) in [7, 11) is 0. The summed E-state index contributed by atoms with van der Waals surface area (Å²) in [5.41, 5.74) is 1.41. The average molecular weight is 337 g/mol. The number of benzene rings is 2. The summed E-state index contributed by atoms with van der Waals surface area (Å²) in [5.74, 6) is -0.466. The minimum atomic E-state index is -0.525. The molecule has 1 N–H and O–H groups in total. The lowest BCUT2D eigenvalue weighted by atomic mass is 9.78. The first-order valence-electron chi connectivity index (χ1n) is 8.80. The second kappa shape index (κ2) is 7.51. The molecule has 0 heterocycles. The summed E-state index contributed by atoms with van der Waals surface area (Å²) in [5, 5.41) is 2.99. The van der Waals surface area contributed by atoms with Crippen molar-refractivity contribution in [3.05, 3.63) is 65.7 Å². The molecule has 2 aromatic rings. The van der Waals surface area contributed by atoms with Crippen molar-refractivity contribution in [2.45, 2.75) is 38.0 Å². The van der Waals surface area contributed by atoms with E-state index in [1.54, 1.807) is 25.1 Å². The van der Waals surface area contributed by atoms with Crippen molar-refractivity contribution < 1.29 is 14.3 Å². The number of carbonyl (C=O) groups is 2. The van der Waals surface area contributed by atoms with Gasteiger partial charge in [-0.15, -0.1) is 0 Å². The fourth-order valence-corrected chi connectivity index (χ4v) is 3.60. The van der Waals surface area contributed by atoms with E-state index in [9.17, 15) is 9.59 Å². The van der Waals surface area contributed by atoms with E-state index in [0.29, 0.717) is 17.9 Å². The standard InChI is InChI=1S/C21H23NO3/c1-2-25-19(23)17-12-6-7-13-18(17)22-20(24)21(14-8-9-15-21)16-10-4-3-5-11-16/h3-7,10-13H,2,8-9,14-15H2,1H3,(H,22,24). The molecule has 0 bridgehead atoms. The van der Waals surface area contributed by atoms with Crippen LogP contribution >= 0.6 is 0 Å². The first kappa shape index (κ1) is 17.2. The van der Waals surface area contributed by atoms with Crippen molar-refractivity contribution in [1.29, 1.82) is 0 Å². The van der Waals surface area contributed by atoms with Crippen LogP contribution in [0.1, 0.15) is 48.5 Å². The van der Waals surface area contributed by atoms with Gasteiger partial charge in [-0.25, -0.2) is 4.79 Å². The summed E-state index contributed by atoms with van der Waals surface area (Å²) in [6.07, 6.45) is 3.71. The molecule has 0 aromatic heterocycles. The first-order valence-corrected chi connectivity index (χ1v) is 8.80. The minimum absolute atomic E-state index is 0.0482. The highest BCUT2D eigenvalue weighted by molar-refractivity contribution is 6.04. The van der Waals surface area contributed by atoms with Gasteiger partial charge in [0.15, 0.2) is 0 Å². The maximum Gasteiger partial charge on any atom is 0.340 e. The molecular formula is C21H23NO3. The van der Waals surface area contributed by atoms with Gasteiger partial charge in [-0.3, -0.25) is 4.79 Å². The second-order valence-corrected chi connectivity index (χ2v) is 6.38. The Labute approximate surface area is 148 Å². The maximum atomic E-state index is 13.2. The van der Waals surface area contributed by atoms with E-state index in [2.05, 4.69) is 5.32 Å². The van der Waals surface area contributed by atoms with Crippen LogP contribution < -0.4 is 5.32 Å². The monoisotopic (exact) mass is 337 g/mol. The van der Waals surface area contributed by atoms with Gasteiger partial charge in [0.05, 0.1) is 23.3 Å². The highest BCUT2D eigenvalue weighted by Crippen LogP contribution is 2.42. The molecule has 0 aliphatic heterocycles. The molecular weight excluding hydrogens is 314 g/mol. The van der Waals surface area contributed by atoms with Gasteiger partial charge in [0, 0.05) is 0 Å². The highest BCUT2D eigenvalue weighted by atomic mass is 16.5. The number of hydrogen-bond acceptors (Lipinski definition) is 3. The molecule has 1 aliphatic rings. The van der Waals surface area contributed by atoms with E-state index in [1.807, 2.05) is 36.4 Å². The number of amides is 1. The van der Waals surface area contributed by atoms with Crippen molar-refractivity contribution in [2.75, 3.05) is 11.9 Å². The van der Waals surface area contributed by atoms with E-state index in [4.69, 9.17) is 4.74 Å². The average Bonchev–Trinajstić information content (AvgIpc) is 3.14. The third-order valence-corrected chi connectivity index (χ3v) is 4.89. The van der Waals surface area contributed by atoms with Crippen LogP contribution in [0, 0.1) is 0 Å². The zero-order chi connectivity index (χ0) is 17.7. The molecule has 25 heavy (non-hydrogen) atoms. The molecule has 1 fully saturated rings. The van der Waals surface area contributed by atoms with Crippen molar-refractivity contribution in [1.82, 2.24) is 0 Å². The predicted octanol–water partition coefficient (Wildman–Crippen LogP) is 4.31. The molecule has 1 saturated carbocycles. The normalized spacial score (nSPS) is 15.6. The van der Waals surface area contributed by atoms with Crippen molar-refractivity contribution in [3.63, 3.8) is 0 Å². The third kappa shape index (κ3) is 3.43. The lowest BCUT2D eigenvalue weighted by Crippen LogP contribution is -2.38. The van der Waals surface area contributed by atoms with Crippen LogP contribution in [0.2, 0.25) is 0 Å². The quantitative estimate of drug-likeness (QED) is 0.827. The van der Waals surface area contributed by atoms with Crippen molar-refractivity contribution >= 4 is 17.6 Å². The van der Waals surface area contributed by atoms with Crippen LogP contribution in [0.15, 0.2) is 54.6 Å². The van der Waals surface area contributed by atoms with Gasteiger partial charge in [0.1, 0.15) is 0 Å². The van der Waals surface area contributed by atoms with E-state index < -0.39 is 11.4 Å². The highest BCUT2D eigenvalue weighted by Gasteiger charge is 2.42. The molecule has 3 rings (SSSR count). The Hall–Kier alpha value is -2.62. The lowest BCUT2D eigenvalue weighted by Gasteiger charge is -2.28. The molecule has 0 spiro atoms. The van der Waals surface area contributed by atoms with E-state index in [-0.39, 0.29) is 5.91 Å². The number of anilines is 1. The number of rotatable bonds is 5. The van der Waals surface area contributed by atoms with Crippen LogP contribution in [0.3, 0.4) is 0 Å². The second-order valence-electron chi connectivity index (χ2n) is 6.38. The zero-order valence-corrected chi connectivity index (χ0v) is 14.5. The van der Waals surface area contributed by atoms with Gasteiger partial charge >= 0.3 is 5.97 Å². The maximum absolute atomic E-state index is 13.2. The van der Waals surface area contributed by atoms with Crippen LogP contribution in [0.5, 0.6) is 0 Å². The number of para-hydroxylation sites is 1. The molecule has 2 aromatic carbocycles. The van der Waals surface area contributed by atoms with Gasteiger partial charge in [-0.2, -0.15) is 0 Å². The summed E-state index contributed by atoms with van der Waals surface area (Å²) in [4.78, 5) is 25.4. The molecule has 1 amide bonds. The topological polar surface area (TPSA) is 55.4 Å². The van der Waals surface area contributed by atoms with E-state index in [1.165, 1.54) is 0 Å². The third-order valence-electron chi connectivity index (χ3n) is 4.89. The van der Waals surface area contributed by atoms with Crippen LogP contribution in [0.25, 0.3) is 0 Å². The van der Waals surface area contributed by atoms with Gasteiger partial charge in [0.25, 0.3) is 0 Å². The Morgan fingerprint density at radius 3 is 2.32 bits per heavy atom. The smallest absolute Gasteiger partial charge is 0.340 e. The van der Waals surface area contributed by atoms with Crippen molar-refractivity contribution in [2.24, 2.45) is 0 Å². The molecule has 0 radical (unpaired) electrons. The van der Waals surface area contributed by atoms with Crippen LogP contribution in [0.4, 0.5) is 5.69 Å². The van der Waals surface area contributed by atoms with E-state index in [0.717, 1.165) is 31.2 Å². The number of carbonyl (C=O) groups excluding carboxylic acids is 2. The fourth-order valence-electron chi connectivity index (χ4n) is 3.60. The SMILES string of the molecule is CCOC(=O)c1ccccc1NC(=O)C1(c2ccccc2)CCCC1. The van der Waals surface area contributed by atoms with Crippen LogP contribution in [-0.2, 0) is 14.9 Å². The Bertz CT molecular complexity index is 749. The van der Waals surface area contributed by atoms with Gasteiger partial charge in [-0.1, -0.05) is 55.3 Å². The number of nitrogens with one attached hydrogen (secondary N) is 1. The first-order chi connectivity index (χ1) is 12.2. The zero-order valence-electron chi connectivity index (χ0n) is 14.5. The Kier molecular flexibility index (Phi) is 5.17. The lowest BCUT2D eigenvalue weighted by molar-refractivity contribution is -0.121. The summed E-state index contributed by atoms with van der Waals surface area (Å²) < 4.78 is 5.10. The molecule has 1 aliphatic carbocycles. The summed E-state index contributed by atoms with van der Waals surface area (Å²) >= 11 is 0. The molecule has 130 valence electrons. The van der Waals surface area contributed by atoms with Gasteiger partial charge in [-0.05, 0) is 37.5 Å². The molecule has 0 saturated heterocycles. The Morgan fingerprint density at radius 2 is 1.64 bits per heavy atom. The predicted molar refractivity (Wildman–Crippen MR) is 97.6 cm³/mol. The minimum Gasteiger partial charge on any atom is -0.462 e. The number of ether oxygens (including phenoxy) is 1. The van der Waals surface area contributed by atoms with Crippen LogP contribution in [-0.4, -0.2) is 18.5 Å². The largest absolute Gasteiger partial charge is 0.462 e. The number of hydrogen-bond donors (Lipinski definition) is 1. The molecule has 0 unspecified atom stereocenters. The van der Waals surface area contributed by atoms with E-state index >= 15 is 0 Å². The Morgan fingerprint density at radius 1 is 1.00 bits per heavy atom. The number of esters is 1. The fraction of sp³-hybridized carbons (Fsp3) is 0.333. The summed E-state index contributed by atoms with van der Waals surface area (Å²) in [6.45, 7) is 2.07. The molecule has 0 atom stereocenters. The van der Waals surface area contributed by atoms with Gasteiger partial charge in [0.2, 0.25) is 5.91 Å². The van der Waals surface area contributed by atoms with Gasteiger partial charge < -0.3 is 10.1 Å². The summed E-state index contributed by atoms with van der Waals surface area (Å²) in [6, 6.07) is 16.9. The molecule has 4 heteroatoms.